The molecule has 1 atom stereocenters. The Bertz CT molecular complexity index is 580. The van der Waals surface area contributed by atoms with Crippen molar-refractivity contribution in [1.29, 1.82) is 0 Å². The largest absolute Gasteiger partial charge is 0.463 e. The number of hydrogen-bond donors (Lipinski definition) is 2. The highest BCUT2D eigenvalue weighted by Crippen LogP contribution is 2.33. The SMILES string of the molecule is CCOC(=O)N[C@@](Nc1ccc(Cl)cc1)(C(=O)OCC)C(F)(F)F. The van der Waals surface area contributed by atoms with E-state index in [-0.39, 0.29) is 23.9 Å². The second-order valence-corrected chi connectivity index (χ2v) is 4.88. The molecule has 6 nitrogen and oxygen atoms in total. The van der Waals surface area contributed by atoms with E-state index in [0.29, 0.717) is 0 Å². The van der Waals surface area contributed by atoms with E-state index < -0.39 is 23.9 Å². The van der Waals surface area contributed by atoms with Gasteiger partial charge >= 0.3 is 23.9 Å². The van der Waals surface area contributed by atoms with Gasteiger partial charge in [-0.2, -0.15) is 13.2 Å². The molecule has 1 rings (SSSR count). The van der Waals surface area contributed by atoms with Gasteiger partial charge in [-0.1, -0.05) is 11.6 Å². The van der Waals surface area contributed by atoms with E-state index in [0.717, 1.165) is 0 Å². The molecule has 10 heteroatoms. The van der Waals surface area contributed by atoms with Gasteiger partial charge in [-0.05, 0) is 38.1 Å². The quantitative estimate of drug-likeness (QED) is 0.595. The first-order chi connectivity index (χ1) is 11.2. The van der Waals surface area contributed by atoms with Crippen LogP contribution >= 0.6 is 11.6 Å². The molecule has 0 heterocycles. The molecule has 1 aromatic rings. The van der Waals surface area contributed by atoms with Crippen LogP contribution in [0.15, 0.2) is 24.3 Å². The fourth-order valence-corrected chi connectivity index (χ4v) is 1.83. The van der Waals surface area contributed by atoms with Gasteiger partial charge in [0.2, 0.25) is 0 Å². The van der Waals surface area contributed by atoms with Gasteiger partial charge in [-0.3, -0.25) is 5.32 Å². The van der Waals surface area contributed by atoms with Gasteiger partial charge in [0.25, 0.3) is 0 Å². The molecule has 0 aliphatic carbocycles. The summed E-state index contributed by atoms with van der Waals surface area (Å²) in [5.74, 6) is -1.72. The molecule has 1 aromatic carbocycles. The molecule has 0 aliphatic rings. The monoisotopic (exact) mass is 368 g/mol. The third-order valence-electron chi connectivity index (χ3n) is 2.75. The molecule has 134 valence electrons. The summed E-state index contributed by atoms with van der Waals surface area (Å²) in [4.78, 5) is 23.6. The Hall–Kier alpha value is -2.16. The van der Waals surface area contributed by atoms with Crippen LogP contribution < -0.4 is 10.6 Å². The van der Waals surface area contributed by atoms with Gasteiger partial charge < -0.3 is 14.8 Å². The van der Waals surface area contributed by atoms with Crippen molar-refractivity contribution >= 4 is 29.4 Å². The number of ether oxygens (including phenoxy) is 2. The molecular formula is C14H16ClF3N2O4. The van der Waals surface area contributed by atoms with Crippen molar-refractivity contribution in [3.63, 3.8) is 0 Å². The van der Waals surface area contributed by atoms with Crippen molar-refractivity contribution in [2.45, 2.75) is 25.7 Å². The van der Waals surface area contributed by atoms with Crippen molar-refractivity contribution < 1.29 is 32.2 Å². The molecule has 0 spiro atoms. The predicted octanol–water partition coefficient (Wildman–Crippen LogP) is 3.32. The van der Waals surface area contributed by atoms with E-state index in [4.69, 9.17) is 11.6 Å². The minimum atomic E-state index is -5.22. The average Bonchev–Trinajstić information content (AvgIpc) is 2.48. The van der Waals surface area contributed by atoms with Crippen molar-refractivity contribution in [2.24, 2.45) is 0 Å². The van der Waals surface area contributed by atoms with Crippen LogP contribution in [0.4, 0.5) is 23.7 Å². The Morgan fingerprint density at radius 2 is 1.62 bits per heavy atom. The van der Waals surface area contributed by atoms with Crippen molar-refractivity contribution in [3.05, 3.63) is 29.3 Å². The van der Waals surface area contributed by atoms with Crippen LogP contribution in [0.5, 0.6) is 0 Å². The lowest BCUT2D eigenvalue weighted by molar-refractivity contribution is -0.205. The molecular weight excluding hydrogens is 353 g/mol. The summed E-state index contributed by atoms with van der Waals surface area (Å²) >= 11 is 5.68. The Balaban J connectivity index is 3.30. The van der Waals surface area contributed by atoms with Crippen molar-refractivity contribution in [3.8, 4) is 0 Å². The Kier molecular flexibility index (Phi) is 6.70. The molecule has 0 unspecified atom stereocenters. The number of carbonyl (C=O) groups excluding carboxylic acids is 2. The molecule has 0 aliphatic heterocycles. The van der Waals surface area contributed by atoms with Crippen LogP contribution in [0, 0.1) is 0 Å². The highest BCUT2D eigenvalue weighted by Gasteiger charge is 2.64. The summed E-state index contributed by atoms with van der Waals surface area (Å²) in [6.45, 7) is 2.25. The number of benzene rings is 1. The Labute approximate surface area is 141 Å². The lowest BCUT2D eigenvalue weighted by atomic mass is 10.1. The van der Waals surface area contributed by atoms with Crippen LogP contribution in [0.3, 0.4) is 0 Å². The van der Waals surface area contributed by atoms with E-state index >= 15 is 0 Å². The molecule has 0 bridgehead atoms. The number of anilines is 1. The van der Waals surface area contributed by atoms with Crippen molar-refractivity contribution in [2.75, 3.05) is 18.5 Å². The third-order valence-corrected chi connectivity index (χ3v) is 3.00. The maximum Gasteiger partial charge on any atom is 0.442 e. The van der Waals surface area contributed by atoms with Gasteiger partial charge in [0, 0.05) is 10.7 Å². The van der Waals surface area contributed by atoms with Crippen molar-refractivity contribution in [1.82, 2.24) is 5.32 Å². The molecule has 0 fully saturated rings. The molecule has 1 amide bonds. The summed E-state index contributed by atoms with van der Waals surface area (Å²) in [6.07, 6.45) is -6.64. The fraction of sp³-hybridized carbons (Fsp3) is 0.429. The zero-order valence-corrected chi connectivity index (χ0v) is 13.6. The van der Waals surface area contributed by atoms with Crippen LogP contribution in [-0.4, -0.2) is 37.1 Å². The number of nitrogens with one attached hydrogen (secondary N) is 2. The van der Waals surface area contributed by atoms with Gasteiger partial charge in [0.1, 0.15) is 0 Å². The smallest absolute Gasteiger partial charge is 0.442 e. The number of rotatable bonds is 6. The number of carbonyl (C=O) groups is 2. The van der Waals surface area contributed by atoms with Crippen LogP contribution in [-0.2, 0) is 14.3 Å². The third kappa shape index (κ3) is 4.67. The second-order valence-electron chi connectivity index (χ2n) is 4.45. The van der Waals surface area contributed by atoms with Crippen LogP contribution in [0.1, 0.15) is 13.8 Å². The molecule has 0 saturated carbocycles. The number of alkyl carbamates (subject to hydrolysis) is 1. The summed E-state index contributed by atoms with van der Waals surface area (Å²) in [7, 11) is 0. The zero-order chi connectivity index (χ0) is 18.4. The lowest BCUT2D eigenvalue weighted by Gasteiger charge is -2.34. The summed E-state index contributed by atoms with van der Waals surface area (Å²) < 4.78 is 49.9. The fourth-order valence-electron chi connectivity index (χ4n) is 1.70. The van der Waals surface area contributed by atoms with E-state index in [1.165, 1.54) is 43.4 Å². The molecule has 0 radical (unpaired) electrons. The number of halogens is 4. The maximum atomic E-state index is 13.7. The Morgan fingerprint density at radius 3 is 2.08 bits per heavy atom. The van der Waals surface area contributed by atoms with Crippen LogP contribution in [0.2, 0.25) is 5.02 Å². The van der Waals surface area contributed by atoms with Crippen LogP contribution in [0.25, 0.3) is 0 Å². The molecule has 2 N–H and O–H groups in total. The highest BCUT2D eigenvalue weighted by molar-refractivity contribution is 6.30. The summed E-state index contributed by atoms with van der Waals surface area (Å²) in [5, 5.41) is 3.76. The minimum Gasteiger partial charge on any atom is -0.463 e. The standard InChI is InChI=1S/C14H16ClF3N2O4/c1-3-23-11(21)13(14(16,17)18,20-12(22)24-4-2)19-10-7-5-9(15)6-8-10/h5-8,19H,3-4H2,1-2H3,(H,20,22)/t13-/m0/s1. The predicted molar refractivity (Wildman–Crippen MR) is 80.7 cm³/mol. The van der Waals surface area contributed by atoms with Gasteiger partial charge in [-0.15, -0.1) is 0 Å². The first kappa shape index (κ1) is 19.9. The summed E-state index contributed by atoms with van der Waals surface area (Å²) in [5.41, 5.74) is -3.62. The zero-order valence-electron chi connectivity index (χ0n) is 12.9. The molecule has 24 heavy (non-hydrogen) atoms. The second kappa shape index (κ2) is 8.09. The van der Waals surface area contributed by atoms with Gasteiger partial charge in [0.15, 0.2) is 0 Å². The lowest BCUT2D eigenvalue weighted by Crippen LogP contribution is -2.69. The number of esters is 1. The average molecular weight is 369 g/mol. The normalized spacial score (nSPS) is 13.6. The topological polar surface area (TPSA) is 76.7 Å². The molecule has 0 aromatic heterocycles. The first-order valence-corrected chi connectivity index (χ1v) is 7.26. The maximum absolute atomic E-state index is 13.7. The van der Waals surface area contributed by atoms with Gasteiger partial charge in [0.05, 0.1) is 13.2 Å². The van der Waals surface area contributed by atoms with E-state index in [9.17, 15) is 22.8 Å². The van der Waals surface area contributed by atoms with E-state index in [1.54, 1.807) is 0 Å². The summed E-state index contributed by atoms with van der Waals surface area (Å²) in [6, 6.07) is 5.07. The molecule has 0 saturated heterocycles. The van der Waals surface area contributed by atoms with E-state index in [1.807, 2.05) is 5.32 Å². The first-order valence-electron chi connectivity index (χ1n) is 6.89. The Morgan fingerprint density at radius 1 is 1.08 bits per heavy atom. The number of amides is 1. The van der Waals surface area contributed by atoms with Gasteiger partial charge in [-0.25, -0.2) is 9.59 Å². The number of alkyl halides is 3. The highest BCUT2D eigenvalue weighted by atomic mass is 35.5. The number of hydrogen-bond acceptors (Lipinski definition) is 5. The van der Waals surface area contributed by atoms with E-state index in [2.05, 4.69) is 9.47 Å². The minimum absolute atomic E-state index is 0.110.